The average molecular weight is 960 g/mol. The number of fused-ring (bicyclic) bond motifs is 1. The van der Waals surface area contributed by atoms with Crippen LogP contribution in [-0.2, 0) is 10.0 Å². The molecule has 2 aliphatic heterocycles. The molecule has 332 valence electrons. The first-order valence-electron chi connectivity index (χ1n) is 21.5. The molecule has 2 aliphatic carbocycles. The first-order chi connectivity index (χ1) is 30.2. The van der Waals surface area contributed by atoms with Gasteiger partial charge in [-0.2, -0.15) is 11.8 Å². The highest BCUT2D eigenvalue weighted by Gasteiger charge is 2.49. The van der Waals surface area contributed by atoms with Gasteiger partial charge in [-0.25, -0.2) is 23.1 Å². The molecule has 2 saturated carbocycles. The van der Waals surface area contributed by atoms with Crippen LogP contribution in [0.25, 0.3) is 11.0 Å². The molecule has 4 N–H and O–H groups in total. The first-order valence-corrected chi connectivity index (χ1v) is 24.9. The lowest BCUT2D eigenvalue weighted by Gasteiger charge is -2.57. The van der Waals surface area contributed by atoms with Gasteiger partial charge >= 0.3 is 5.69 Å². The van der Waals surface area contributed by atoms with Crippen LogP contribution in [0.1, 0.15) is 80.3 Å². The number of hydrogen-bond acceptors (Lipinski definition) is 13. The summed E-state index contributed by atoms with van der Waals surface area (Å²) in [6.07, 6.45) is 11.4. The second-order valence-electron chi connectivity index (χ2n) is 17.8. The number of amides is 1. The molecule has 1 atom stereocenters. The SMILES string of the molecule is CC1(O)CCC(CNc2ncc(S(=O)(=O)NC(=O)c3ccc(N4CCC5(CC4)CC(N4CCSC[C@@H]4c4ccccc4Br)C5)cc3Oc3cnc4[nH]ccc4c3)cc2[N+](=O)[O-])CC1. The van der Waals surface area contributed by atoms with Crippen LogP contribution in [0.5, 0.6) is 11.5 Å². The Morgan fingerprint density at radius 2 is 1.83 bits per heavy atom. The van der Waals surface area contributed by atoms with E-state index < -0.39 is 37.0 Å². The number of ether oxygens (including phenoxy) is 1. The maximum absolute atomic E-state index is 13.9. The lowest BCUT2D eigenvalue weighted by molar-refractivity contribution is -0.384. The van der Waals surface area contributed by atoms with Crippen molar-refractivity contribution in [2.75, 3.05) is 47.9 Å². The zero-order valence-corrected chi connectivity index (χ0v) is 38.2. The summed E-state index contributed by atoms with van der Waals surface area (Å²) in [7, 11) is -4.63. The van der Waals surface area contributed by atoms with E-state index in [-0.39, 0.29) is 28.5 Å². The van der Waals surface area contributed by atoms with Crippen LogP contribution in [0.4, 0.5) is 17.2 Å². The summed E-state index contributed by atoms with van der Waals surface area (Å²) in [4.78, 5) is 41.4. The van der Waals surface area contributed by atoms with Gasteiger partial charge in [0, 0.05) is 83.6 Å². The molecular weight excluding hydrogens is 909 g/mol. The Hall–Kier alpha value is -4.75. The van der Waals surface area contributed by atoms with Crippen LogP contribution in [0.15, 0.2) is 88.6 Å². The molecule has 15 nitrogen and oxygen atoms in total. The number of nitro groups is 1. The summed E-state index contributed by atoms with van der Waals surface area (Å²) in [6, 6.07) is 19.2. The molecule has 1 spiro atoms. The van der Waals surface area contributed by atoms with Gasteiger partial charge in [0.15, 0.2) is 0 Å². The van der Waals surface area contributed by atoms with Crippen LogP contribution in [-0.4, -0.2) is 93.5 Å². The van der Waals surface area contributed by atoms with Gasteiger partial charge in [-0.1, -0.05) is 34.1 Å². The molecule has 0 radical (unpaired) electrons. The van der Waals surface area contributed by atoms with Gasteiger partial charge in [0.25, 0.3) is 15.9 Å². The minimum absolute atomic E-state index is 0.0432. The van der Waals surface area contributed by atoms with Crippen molar-refractivity contribution in [1.29, 1.82) is 0 Å². The van der Waals surface area contributed by atoms with Crippen molar-refractivity contribution in [2.24, 2.45) is 11.3 Å². The lowest BCUT2D eigenvalue weighted by atomic mass is 9.59. The number of rotatable bonds is 12. The Morgan fingerprint density at radius 1 is 1.05 bits per heavy atom. The molecule has 4 aliphatic rings. The molecule has 9 rings (SSSR count). The summed E-state index contributed by atoms with van der Waals surface area (Å²) < 4.78 is 37.0. The standard InChI is InChI=1S/C45H51BrN8O7S2/c1-44(56)11-8-29(9-12-44)25-48-42-38(54(57)58)22-34(27-50-42)63(59,60)51-43(55)36-7-6-31(21-40(36)61-33-20-30-10-15-47-41(30)49-26-33)52-16-13-45(14-17-52)23-32(24-45)53-18-19-62-28-39(53)35-4-2-3-5-37(35)46/h2-7,10,15,20-22,26-27,29,32,39,56H,8-9,11-14,16-19,23-25,28H2,1H3,(H,47,49)(H,48,50)(H,51,55)/t29?,39-,44?/m1/s1. The summed E-state index contributed by atoms with van der Waals surface area (Å²) in [5.41, 5.74) is 1.85. The van der Waals surface area contributed by atoms with Crippen molar-refractivity contribution in [3.63, 3.8) is 0 Å². The highest BCUT2D eigenvalue weighted by atomic mass is 79.9. The number of sulfonamides is 1. The van der Waals surface area contributed by atoms with Crippen LogP contribution in [0, 0.1) is 21.4 Å². The van der Waals surface area contributed by atoms with E-state index in [1.54, 1.807) is 37.4 Å². The molecule has 3 aromatic heterocycles. The number of thioether (sulfide) groups is 1. The maximum Gasteiger partial charge on any atom is 0.312 e. The van der Waals surface area contributed by atoms with Gasteiger partial charge in [-0.05, 0) is 106 Å². The quantitative estimate of drug-likeness (QED) is 0.0688. The van der Waals surface area contributed by atoms with Crippen molar-refractivity contribution in [1.82, 2.24) is 24.6 Å². The maximum atomic E-state index is 13.9. The number of hydrogen-bond donors (Lipinski definition) is 4. The number of pyridine rings is 2. The third kappa shape index (κ3) is 9.41. The molecule has 5 heterocycles. The lowest BCUT2D eigenvalue weighted by Crippen LogP contribution is -2.57. The Kier molecular flexibility index (Phi) is 12.2. The minimum atomic E-state index is -4.63. The topological polar surface area (TPSA) is 196 Å². The normalized spacial score (nSPS) is 23.0. The van der Waals surface area contributed by atoms with E-state index >= 15 is 0 Å². The van der Waals surface area contributed by atoms with E-state index in [9.17, 15) is 28.4 Å². The number of aliphatic hydroxyl groups is 1. The molecule has 4 fully saturated rings. The second kappa shape index (κ2) is 17.7. The van der Waals surface area contributed by atoms with Crippen LogP contribution in [0.2, 0.25) is 0 Å². The number of carbonyl (C=O) groups is 1. The molecule has 2 saturated heterocycles. The summed E-state index contributed by atoms with van der Waals surface area (Å²) in [6.45, 7) is 4.92. The molecule has 18 heteroatoms. The zero-order valence-electron chi connectivity index (χ0n) is 35.0. The second-order valence-corrected chi connectivity index (χ2v) is 21.5. The number of H-pyrrole nitrogens is 1. The summed E-state index contributed by atoms with van der Waals surface area (Å²) >= 11 is 5.83. The largest absolute Gasteiger partial charge is 0.455 e. The molecule has 1 amide bonds. The highest BCUT2D eigenvalue weighted by molar-refractivity contribution is 9.10. The third-order valence-electron chi connectivity index (χ3n) is 13.6. The molecule has 63 heavy (non-hydrogen) atoms. The number of halogens is 1. The zero-order chi connectivity index (χ0) is 43.9. The van der Waals surface area contributed by atoms with Crippen molar-refractivity contribution < 1.29 is 28.0 Å². The van der Waals surface area contributed by atoms with Gasteiger partial charge in [0.2, 0.25) is 5.82 Å². The molecule has 0 unspecified atom stereocenters. The van der Waals surface area contributed by atoms with E-state index in [4.69, 9.17) is 4.74 Å². The van der Waals surface area contributed by atoms with Gasteiger partial charge < -0.3 is 25.0 Å². The van der Waals surface area contributed by atoms with Crippen molar-refractivity contribution in [3.05, 3.63) is 105 Å². The first kappa shape index (κ1) is 43.5. The Bertz CT molecular complexity index is 2620. The van der Waals surface area contributed by atoms with E-state index in [1.165, 1.54) is 29.1 Å². The number of benzene rings is 2. The van der Waals surface area contributed by atoms with Crippen molar-refractivity contribution in [2.45, 2.75) is 80.9 Å². The van der Waals surface area contributed by atoms with Gasteiger partial charge in [-0.3, -0.25) is 19.8 Å². The predicted molar refractivity (Wildman–Crippen MR) is 247 cm³/mol. The predicted octanol–water partition coefficient (Wildman–Crippen LogP) is 8.43. The minimum Gasteiger partial charge on any atom is -0.455 e. The molecule has 5 aromatic rings. The van der Waals surface area contributed by atoms with Crippen LogP contribution >= 0.6 is 27.7 Å². The number of aromatic nitrogens is 3. The van der Waals surface area contributed by atoms with E-state index in [2.05, 4.69) is 75.0 Å². The smallest absolute Gasteiger partial charge is 0.312 e. The van der Waals surface area contributed by atoms with Crippen molar-refractivity contribution in [3.8, 4) is 11.5 Å². The van der Waals surface area contributed by atoms with Gasteiger partial charge in [0.1, 0.15) is 22.0 Å². The van der Waals surface area contributed by atoms with E-state index in [0.717, 1.165) is 80.2 Å². The number of nitrogens with one attached hydrogen (secondary N) is 3. The van der Waals surface area contributed by atoms with Crippen molar-refractivity contribution >= 4 is 71.8 Å². The Morgan fingerprint density at radius 3 is 2.59 bits per heavy atom. The van der Waals surface area contributed by atoms with E-state index in [1.807, 2.05) is 17.8 Å². The van der Waals surface area contributed by atoms with Gasteiger partial charge in [0.05, 0.1) is 28.5 Å². The van der Waals surface area contributed by atoms with E-state index in [0.29, 0.717) is 42.9 Å². The van der Waals surface area contributed by atoms with Crippen LogP contribution < -0.4 is 19.7 Å². The Labute approximate surface area is 379 Å². The molecule has 2 aromatic carbocycles. The fourth-order valence-electron chi connectivity index (χ4n) is 9.81. The third-order valence-corrected chi connectivity index (χ3v) is 16.6. The highest BCUT2D eigenvalue weighted by Crippen LogP contribution is 2.54. The van der Waals surface area contributed by atoms with Crippen LogP contribution in [0.3, 0.4) is 0 Å². The number of piperidine rings is 1. The fraction of sp³-hybridized carbons (Fsp3) is 0.444. The fourth-order valence-corrected chi connectivity index (χ4v) is 12.4. The number of anilines is 2. The average Bonchev–Trinajstić information content (AvgIpc) is 3.73. The molecular formula is C45H51BrN8O7S2. The number of aromatic amines is 1. The summed E-state index contributed by atoms with van der Waals surface area (Å²) in [5.74, 6) is 1.85. The monoisotopic (exact) mass is 958 g/mol. The number of nitrogens with zero attached hydrogens (tertiary/aromatic N) is 5. The number of carbonyl (C=O) groups excluding carboxylic acids is 1. The molecule has 0 bridgehead atoms. The Balaban J connectivity index is 0.899. The van der Waals surface area contributed by atoms with Gasteiger partial charge in [-0.15, -0.1) is 0 Å². The summed E-state index contributed by atoms with van der Waals surface area (Å²) in [5, 5.41) is 26.2.